The second-order valence-electron chi connectivity index (χ2n) is 6.57. The van der Waals surface area contributed by atoms with Crippen molar-refractivity contribution in [3.05, 3.63) is 54.6 Å². The number of amides is 2. The lowest BCUT2D eigenvalue weighted by Gasteiger charge is -2.29. The Balaban J connectivity index is 1.49. The van der Waals surface area contributed by atoms with E-state index in [0.717, 1.165) is 24.4 Å². The molecule has 5 nitrogen and oxygen atoms in total. The van der Waals surface area contributed by atoms with Crippen molar-refractivity contribution in [1.29, 1.82) is 0 Å². The van der Waals surface area contributed by atoms with Crippen molar-refractivity contribution in [2.24, 2.45) is 5.92 Å². The molecule has 3 unspecified atom stereocenters. The van der Waals surface area contributed by atoms with E-state index < -0.39 is 0 Å². The smallest absolute Gasteiger partial charge is 0.318 e. The predicted molar refractivity (Wildman–Crippen MR) is 87.8 cm³/mol. The first-order valence-corrected chi connectivity index (χ1v) is 8.39. The molecule has 1 N–H and O–H groups in total. The molecule has 0 bridgehead atoms. The third-order valence-corrected chi connectivity index (χ3v) is 4.97. The molecule has 2 amide bonds. The van der Waals surface area contributed by atoms with Crippen LogP contribution < -0.4 is 5.32 Å². The molecule has 1 saturated heterocycles. The number of likely N-dealkylation sites (tertiary alicyclic amines) is 1. The molecule has 3 atom stereocenters. The van der Waals surface area contributed by atoms with Gasteiger partial charge in [-0.05, 0) is 30.7 Å². The van der Waals surface area contributed by atoms with Crippen molar-refractivity contribution >= 4 is 6.03 Å². The number of piperidine rings is 1. The highest BCUT2D eigenvalue weighted by molar-refractivity contribution is 5.75. The molecule has 1 aromatic heterocycles. The summed E-state index contributed by atoms with van der Waals surface area (Å²) in [4.78, 5) is 18.9. The molecular weight excluding hydrogens is 288 g/mol. The van der Waals surface area contributed by atoms with Crippen LogP contribution in [0.4, 0.5) is 4.79 Å². The van der Waals surface area contributed by atoms with Gasteiger partial charge in [-0.25, -0.2) is 9.78 Å². The summed E-state index contributed by atoms with van der Waals surface area (Å²) in [5, 5.41) is 3.24. The zero-order valence-corrected chi connectivity index (χ0v) is 13.1. The van der Waals surface area contributed by atoms with E-state index in [0.29, 0.717) is 12.6 Å². The van der Waals surface area contributed by atoms with Crippen molar-refractivity contribution in [2.45, 2.75) is 37.9 Å². The van der Waals surface area contributed by atoms with Gasteiger partial charge in [0.1, 0.15) is 0 Å². The maximum absolute atomic E-state index is 12.7. The number of nitrogens with one attached hydrogen (secondary N) is 1. The topological polar surface area (TPSA) is 50.2 Å². The number of hydrogen-bond donors (Lipinski definition) is 1. The van der Waals surface area contributed by atoms with Crippen LogP contribution in [0.25, 0.3) is 0 Å². The summed E-state index contributed by atoms with van der Waals surface area (Å²) in [6.07, 6.45) is 9.09. The van der Waals surface area contributed by atoms with Crippen LogP contribution in [-0.2, 0) is 6.54 Å². The number of nitrogens with zero attached hydrogens (tertiary/aromatic N) is 3. The van der Waals surface area contributed by atoms with E-state index in [4.69, 9.17) is 0 Å². The van der Waals surface area contributed by atoms with Gasteiger partial charge in [-0.1, -0.05) is 30.3 Å². The van der Waals surface area contributed by atoms with Gasteiger partial charge in [-0.2, -0.15) is 0 Å². The van der Waals surface area contributed by atoms with Crippen LogP contribution in [0.1, 0.15) is 30.9 Å². The average molecular weight is 310 g/mol. The number of aromatic nitrogens is 2. The van der Waals surface area contributed by atoms with Crippen LogP contribution in [0.5, 0.6) is 0 Å². The number of urea groups is 1. The van der Waals surface area contributed by atoms with Gasteiger partial charge in [0.2, 0.25) is 0 Å². The Hall–Kier alpha value is -2.30. The van der Waals surface area contributed by atoms with Crippen LogP contribution in [0, 0.1) is 5.92 Å². The lowest BCUT2D eigenvalue weighted by Crippen LogP contribution is -2.46. The first-order valence-electron chi connectivity index (χ1n) is 8.39. The molecular formula is C18H22N4O. The highest BCUT2D eigenvalue weighted by atomic mass is 16.2. The number of carbonyl (C=O) groups is 1. The summed E-state index contributed by atoms with van der Waals surface area (Å²) in [5.41, 5.74) is 1.12. The molecule has 4 rings (SSSR count). The van der Waals surface area contributed by atoms with Gasteiger partial charge in [0, 0.05) is 31.5 Å². The van der Waals surface area contributed by atoms with Crippen LogP contribution in [-0.4, -0.2) is 33.1 Å². The Kier molecular flexibility index (Phi) is 3.77. The molecule has 1 aliphatic heterocycles. The van der Waals surface area contributed by atoms with E-state index in [1.54, 1.807) is 12.5 Å². The van der Waals surface area contributed by atoms with Gasteiger partial charge in [-0.3, -0.25) is 0 Å². The first-order chi connectivity index (χ1) is 11.3. The number of imidazole rings is 1. The maximum Gasteiger partial charge on any atom is 0.318 e. The van der Waals surface area contributed by atoms with Crippen LogP contribution in [0.3, 0.4) is 0 Å². The van der Waals surface area contributed by atoms with Crippen molar-refractivity contribution in [2.75, 3.05) is 6.54 Å². The Morgan fingerprint density at radius 2 is 2.22 bits per heavy atom. The minimum Gasteiger partial charge on any atom is -0.335 e. The summed E-state index contributed by atoms with van der Waals surface area (Å²) < 4.78 is 2.01. The fraction of sp³-hybridized carbons (Fsp3) is 0.444. The SMILES string of the molecule is O=C(NC(Cn1ccnc1)c1ccccc1)N1CCCC2CC21. The van der Waals surface area contributed by atoms with E-state index in [2.05, 4.69) is 22.4 Å². The van der Waals surface area contributed by atoms with Crippen molar-refractivity contribution < 1.29 is 4.79 Å². The molecule has 0 spiro atoms. The van der Waals surface area contributed by atoms with Crippen LogP contribution in [0.2, 0.25) is 0 Å². The monoisotopic (exact) mass is 310 g/mol. The largest absolute Gasteiger partial charge is 0.335 e. The third kappa shape index (κ3) is 3.09. The van der Waals surface area contributed by atoms with E-state index in [9.17, 15) is 4.79 Å². The molecule has 23 heavy (non-hydrogen) atoms. The minimum absolute atomic E-state index is 0.0444. The molecule has 1 saturated carbocycles. The lowest BCUT2D eigenvalue weighted by molar-refractivity contribution is 0.176. The molecule has 120 valence electrons. The number of benzene rings is 1. The zero-order chi connectivity index (χ0) is 15.6. The van der Waals surface area contributed by atoms with E-state index in [1.165, 1.54) is 12.8 Å². The fourth-order valence-corrected chi connectivity index (χ4v) is 3.62. The molecule has 2 heterocycles. The first kappa shape index (κ1) is 14.3. The highest BCUT2D eigenvalue weighted by Crippen LogP contribution is 2.43. The van der Waals surface area contributed by atoms with E-state index in [1.807, 2.05) is 33.9 Å². The van der Waals surface area contributed by atoms with Gasteiger partial charge in [-0.15, -0.1) is 0 Å². The number of rotatable bonds is 4. The summed E-state index contributed by atoms with van der Waals surface area (Å²) in [6, 6.07) is 10.7. The highest BCUT2D eigenvalue weighted by Gasteiger charge is 2.46. The quantitative estimate of drug-likeness (QED) is 0.944. The molecule has 1 aromatic carbocycles. The molecule has 2 aliphatic rings. The Morgan fingerprint density at radius 3 is 3.00 bits per heavy atom. The normalized spacial score (nSPS) is 23.9. The maximum atomic E-state index is 12.7. The predicted octanol–water partition coefficient (Wildman–Crippen LogP) is 2.82. The Labute approximate surface area is 136 Å². The number of fused-ring (bicyclic) bond motifs is 1. The van der Waals surface area contributed by atoms with Gasteiger partial charge in [0.05, 0.1) is 12.4 Å². The van der Waals surface area contributed by atoms with Gasteiger partial charge in [0.25, 0.3) is 0 Å². The number of carbonyl (C=O) groups excluding carboxylic acids is 1. The minimum atomic E-state index is -0.0444. The number of hydrogen-bond acceptors (Lipinski definition) is 2. The molecule has 5 heteroatoms. The molecule has 0 radical (unpaired) electrons. The van der Waals surface area contributed by atoms with Crippen LogP contribution >= 0.6 is 0 Å². The summed E-state index contributed by atoms with van der Waals surface area (Å²) in [6.45, 7) is 1.58. The van der Waals surface area contributed by atoms with Crippen molar-refractivity contribution in [3.8, 4) is 0 Å². The van der Waals surface area contributed by atoms with Gasteiger partial charge in [0.15, 0.2) is 0 Å². The Morgan fingerprint density at radius 1 is 1.35 bits per heavy atom. The van der Waals surface area contributed by atoms with Crippen molar-refractivity contribution in [1.82, 2.24) is 19.8 Å². The molecule has 2 aromatic rings. The van der Waals surface area contributed by atoms with Gasteiger partial charge >= 0.3 is 6.03 Å². The zero-order valence-electron chi connectivity index (χ0n) is 13.1. The summed E-state index contributed by atoms with van der Waals surface area (Å²) >= 11 is 0. The third-order valence-electron chi connectivity index (χ3n) is 4.97. The standard InChI is InChI=1S/C18H22N4O/c23-18(22-9-4-7-15-11-17(15)22)20-16(12-21-10-8-19-13-21)14-5-2-1-3-6-14/h1-3,5-6,8,10,13,15-17H,4,7,9,11-12H2,(H,20,23). The second-order valence-corrected chi connectivity index (χ2v) is 6.57. The molecule has 2 fully saturated rings. The van der Waals surface area contributed by atoms with E-state index in [-0.39, 0.29) is 12.1 Å². The van der Waals surface area contributed by atoms with E-state index >= 15 is 0 Å². The van der Waals surface area contributed by atoms with Crippen LogP contribution in [0.15, 0.2) is 49.1 Å². The summed E-state index contributed by atoms with van der Waals surface area (Å²) in [7, 11) is 0. The van der Waals surface area contributed by atoms with Gasteiger partial charge < -0.3 is 14.8 Å². The molecule has 1 aliphatic carbocycles. The lowest BCUT2D eigenvalue weighted by atomic mass is 10.1. The average Bonchev–Trinajstić information content (AvgIpc) is 3.21. The van der Waals surface area contributed by atoms with Crippen molar-refractivity contribution in [3.63, 3.8) is 0 Å². The Bertz CT molecular complexity index is 655. The second kappa shape index (κ2) is 6.07. The fourth-order valence-electron chi connectivity index (χ4n) is 3.62. The summed E-state index contributed by atoms with van der Waals surface area (Å²) in [5.74, 6) is 0.748.